The first kappa shape index (κ1) is 11.5. The smallest absolute Gasteiger partial charge is 0.446 e. The Labute approximate surface area is 86.1 Å². The van der Waals surface area contributed by atoms with Crippen molar-refractivity contribution in [3.05, 3.63) is 29.8 Å². The van der Waals surface area contributed by atoms with Crippen molar-refractivity contribution in [1.29, 1.82) is 0 Å². The van der Waals surface area contributed by atoms with Gasteiger partial charge in [0.25, 0.3) is 0 Å². The Hall–Kier alpha value is -1.60. The lowest BCUT2D eigenvalue weighted by Crippen LogP contribution is -2.10. The zero-order valence-electron chi connectivity index (χ0n) is 7.45. The minimum Gasteiger partial charge on any atom is -0.481 e. The highest BCUT2D eigenvalue weighted by atomic mass is 32.3. The second-order valence-electron chi connectivity index (χ2n) is 2.69. The van der Waals surface area contributed by atoms with Gasteiger partial charge in [-0.3, -0.25) is 9.35 Å². The van der Waals surface area contributed by atoms with E-state index in [-0.39, 0.29) is 17.7 Å². The van der Waals surface area contributed by atoms with Crippen molar-refractivity contribution < 1.29 is 27.1 Å². The SMILES string of the molecule is O=C(O)Cc1ccccc1OS(=O)(=O)O. The van der Waals surface area contributed by atoms with Crippen LogP contribution in [-0.2, 0) is 21.6 Å². The van der Waals surface area contributed by atoms with E-state index in [2.05, 4.69) is 4.18 Å². The van der Waals surface area contributed by atoms with Gasteiger partial charge >= 0.3 is 16.4 Å². The van der Waals surface area contributed by atoms with Gasteiger partial charge < -0.3 is 9.29 Å². The summed E-state index contributed by atoms with van der Waals surface area (Å²) in [7, 11) is -4.63. The van der Waals surface area contributed by atoms with E-state index in [9.17, 15) is 13.2 Å². The van der Waals surface area contributed by atoms with Crippen molar-refractivity contribution in [2.75, 3.05) is 0 Å². The fraction of sp³-hybridized carbons (Fsp3) is 0.125. The van der Waals surface area contributed by atoms with Crippen LogP contribution in [0.4, 0.5) is 0 Å². The predicted molar refractivity (Wildman–Crippen MR) is 50.0 cm³/mol. The van der Waals surface area contributed by atoms with Gasteiger partial charge in [-0.25, -0.2) is 0 Å². The first-order chi connectivity index (χ1) is 6.88. The molecule has 7 heteroatoms. The van der Waals surface area contributed by atoms with Crippen LogP contribution in [0, 0.1) is 0 Å². The Morgan fingerprint density at radius 2 is 1.93 bits per heavy atom. The molecule has 0 unspecified atom stereocenters. The Morgan fingerprint density at radius 3 is 2.47 bits per heavy atom. The fourth-order valence-electron chi connectivity index (χ4n) is 1.01. The van der Waals surface area contributed by atoms with Crippen LogP contribution in [-0.4, -0.2) is 24.0 Å². The lowest BCUT2D eigenvalue weighted by Gasteiger charge is -2.05. The molecule has 1 rings (SSSR count). The molecule has 15 heavy (non-hydrogen) atoms. The first-order valence-corrected chi connectivity index (χ1v) is 5.21. The van der Waals surface area contributed by atoms with Crippen molar-refractivity contribution >= 4 is 16.4 Å². The van der Waals surface area contributed by atoms with Crippen LogP contribution in [0.2, 0.25) is 0 Å². The fourth-order valence-corrected chi connectivity index (χ4v) is 1.40. The molecular weight excluding hydrogens is 224 g/mol. The molecule has 2 N–H and O–H groups in total. The monoisotopic (exact) mass is 232 g/mol. The summed E-state index contributed by atoms with van der Waals surface area (Å²) in [4.78, 5) is 10.4. The maximum absolute atomic E-state index is 10.4. The molecule has 82 valence electrons. The summed E-state index contributed by atoms with van der Waals surface area (Å²) in [6.07, 6.45) is -0.383. The van der Waals surface area contributed by atoms with Gasteiger partial charge in [-0.05, 0) is 6.07 Å². The Kier molecular flexibility index (Phi) is 3.28. The van der Waals surface area contributed by atoms with E-state index in [0.29, 0.717) is 0 Å². The van der Waals surface area contributed by atoms with Crippen molar-refractivity contribution in [2.24, 2.45) is 0 Å². The standard InChI is InChI=1S/C8H8O6S/c9-8(10)5-6-3-1-2-4-7(6)14-15(11,12)13/h1-4H,5H2,(H,9,10)(H,11,12,13). The van der Waals surface area contributed by atoms with Crippen molar-refractivity contribution in [3.63, 3.8) is 0 Å². The van der Waals surface area contributed by atoms with Crippen molar-refractivity contribution in [1.82, 2.24) is 0 Å². The first-order valence-electron chi connectivity index (χ1n) is 3.85. The van der Waals surface area contributed by atoms with Crippen LogP contribution >= 0.6 is 0 Å². The van der Waals surface area contributed by atoms with Gasteiger partial charge in [0.2, 0.25) is 0 Å². The third-order valence-electron chi connectivity index (χ3n) is 1.51. The number of carbonyl (C=O) groups is 1. The van der Waals surface area contributed by atoms with Crippen LogP contribution < -0.4 is 4.18 Å². The summed E-state index contributed by atoms with van der Waals surface area (Å²) in [5.74, 6) is -1.32. The quantitative estimate of drug-likeness (QED) is 0.733. The van der Waals surface area contributed by atoms with Crippen LogP contribution in [0.1, 0.15) is 5.56 Å². The number of rotatable bonds is 4. The van der Waals surface area contributed by atoms with E-state index in [4.69, 9.17) is 9.66 Å². The van der Waals surface area contributed by atoms with Crippen LogP contribution in [0.25, 0.3) is 0 Å². The van der Waals surface area contributed by atoms with Gasteiger partial charge in [0.05, 0.1) is 6.42 Å². The molecule has 1 aromatic rings. The largest absolute Gasteiger partial charge is 0.481 e. The van der Waals surface area contributed by atoms with Gasteiger partial charge in [0.1, 0.15) is 5.75 Å². The third kappa shape index (κ3) is 3.96. The lowest BCUT2D eigenvalue weighted by molar-refractivity contribution is -0.136. The van der Waals surface area contributed by atoms with Gasteiger partial charge in [-0.2, -0.15) is 8.42 Å². The zero-order chi connectivity index (χ0) is 11.5. The number of hydrogen-bond acceptors (Lipinski definition) is 4. The molecule has 1 aromatic carbocycles. The number of hydrogen-bond donors (Lipinski definition) is 2. The summed E-state index contributed by atoms with van der Waals surface area (Å²) < 4.78 is 33.5. The van der Waals surface area contributed by atoms with Gasteiger partial charge in [0.15, 0.2) is 0 Å². The molecule has 6 nitrogen and oxygen atoms in total. The highest BCUT2D eigenvalue weighted by molar-refractivity contribution is 7.81. The summed E-state index contributed by atoms with van der Waals surface area (Å²) in [6.45, 7) is 0. The molecule has 0 fully saturated rings. The topological polar surface area (TPSA) is 101 Å². The van der Waals surface area contributed by atoms with E-state index in [1.54, 1.807) is 0 Å². The Bertz CT molecular complexity index is 464. The number of para-hydroxylation sites is 1. The number of carboxylic acids is 1. The van der Waals surface area contributed by atoms with Gasteiger partial charge in [-0.1, -0.05) is 18.2 Å². The van der Waals surface area contributed by atoms with E-state index in [0.717, 1.165) is 0 Å². The molecule has 0 atom stereocenters. The Balaban J connectivity index is 3.01. The zero-order valence-corrected chi connectivity index (χ0v) is 8.27. The molecule has 0 saturated carbocycles. The summed E-state index contributed by atoms with van der Waals surface area (Å²) in [6, 6.07) is 5.65. The second kappa shape index (κ2) is 4.28. The average molecular weight is 232 g/mol. The van der Waals surface area contributed by atoms with Crippen LogP contribution in [0.3, 0.4) is 0 Å². The minimum absolute atomic E-state index is 0.169. The summed E-state index contributed by atoms with van der Waals surface area (Å²) in [5, 5.41) is 8.52. The normalized spacial score (nSPS) is 11.0. The highest BCUT2D eigenvalue weighted by Gasteiger charge is 2.12. The molecule has 0 saturated heterocycles. The van der Waals surface area contributed by atoms with E-state index in [1.807, 2.05) is 0 Å². The number of aliphatic carboxylic acids is 1. The second-order valence-corrected chi connectivity index (χ2v) is 3.71. The van der Waals surface area contributed by atoms with E-state index < -0.39 is 16.4 Å². The minimum atomic E-state index is -4.63. The molecule has 0 aromatic heterocycles. The van der Waals surface area contributed by atoms with Gasteiger partial charge in [-0.15, -0.1) is 0 Å². The number of carboxylic acid groups (broad SMARTS) is 1. The summed E-state index contributed by atoms with van der Waals surface area (Å²) in [5.41, 5.74) is 0.169. The highest BCUT2D eigenvalue weighted by Crippen LogP contribution is 2.19. The molecule has 0 aliphatic heterocycles. The third-order valence-corrected chi connectivity index (χ3v) is 1.90. The molecule has 0 amide bonds. The predicted octanol–water partition coefficient (Wildman–Crippen LogP) is 0.495. The summed E-state index contributed by atoms with van der Waals surface area (Å²) >= 11 is 0. The van der Waals surface area contributed by atoms with Crippen LogP contribution in [0.5, 0.6) is 5.75 Å². The molecule has 0 heterocycles. The molecule has 0 aliphatic rings. The maximum atomic E-state index is 10.4. The number of benzene rings is 1. The maximum Gasteiger partial charge on any atom is 0.446 e. The molecule has 0 spiro atoms. The van der Waals surface area contributed by atoms with Crippen molar-refractivity contribution in [2.45, 2.75) is 6.42 Å². The average Bonchev–Trinajstić information content (AvgIpc) is 2.05. The molecule has 0 bridgehead atoms. The molecular formula is C8H8O6S. The lowest BCUT2D eigenvalue weighted by atomic mass is 10.1. The molecule has 0 radical (unpaired) electrons. The van der Waals surface area contributed by atoms with Crippen LogP contribution in [0.15, 0.2) is 24.3 Å². The Morgan fingerprint density at radius 1 is 1.33 bits per heavy atom. The molecule has 0 aliphatic carbocycles. The van der Waals surface area contributed by atoms with E-state index >= 15 is 0 Å². The van der Waals surface area contributed by atoms with E-state index in [1.165, 1.54) is 24.3 Å². The van der Waals surface area contributed by atoms with Crippen molar-refractivity contribution in [3.8, 4) is 5.75 Å². The van der Waals surface area contributed by atoms with Gasteiger partial charge in [0, 0.05) is 5.56 Å².